The van der Waals surface area contributed by atoms with Crippen molar-refractivity contribution in [3.63, 3.8) is 0 Å². The van der Waals surface area contributed by atoms with Crippen molar-refractivity contribution in [3.05, 3.63) is 0 Å². The van der Waals surface area contributed by atoms with E-state index in [1.807, 2.05) is 20.8 Å². The van der Waals surface area contributed by atoms with Crippen molar-refractivity contribution in [2.75, 3.05) is 26.4 Å². The molecule has 18 heavy (non-hydrogen) atoms. The zero-order valence-electron chi connectivity index (χ0n) is 12.2. The van der Waals surface area contributed by atoms with Crippen LogP contribution in [0, 0.1) is 5.92 Å². The van der Waals surface area contributed by atoms with E-state index >= 15 is 0 Å². The SMILES string of the molecule is CCO[Si](CCCC1COC1C)(OCC)OCC. The standard InChI is InChI=1S/C13H28O4Si/c1-5-15-18(16-6-2,17-7-3)10-8-9-13-11-14-12(13)4/h12-13H,5-11H2,1-4H3. The van der Waals surface area contributed by atoms with E-state index < -0.39 is 8.80 Å². The highest BCUT2D eigenvalue weighted by molar-refractivity contribution is 6.60. The summed E-state index contributed by atoms with van der Waals surface area (Å²) in [5, 5.41) is 0. The monoisotopic (exact) mass is 276 g/mol. The normalized spacial score (nSPS) is 24.0. The maximum absolute atomic E-state index is 5.83. The molecule has 5 heteroatoms. The fraction of sp³-hybridized carbons (Fsp3) is 1.00. The van der Waals surface area contributed by atoms with Crippen LogP contribution >= 0.6 is 0 Å². The summed E-state index contributed by atoms with van der Waals surface area (Å²) >= 11 is 0. The third kappa shape index (κ3) is 4.62. The first-order valence-corrected chi connectivity index (χ1v) is 9.14. The van der Waals surface area contributed by atoms with Crippen molar-refractivity contribution in [1.82, 2.24) is 0 Å². The minimum Gasteiger partial charge on any atom is -0.378 e. The molecule has 0 bridgehead atoms. The molecule has 0 amide bonds. The average molecular weight is 276 g/mol. The Morgan fingerprint density at radius 1 is 1.06 bits per heavy atom. The fourth-order valence-corrected chi connectivity index (χ4v) is 4.96. The summed E-state index contributed by atoms with van der Waals surface area (Å²) in [5.41, 5.74) is 0. The fourth-order valence-electron chi connectivity index (χ4n) is 2.32. The van der Waals surface area contributed by atoms with Gasteiger partial charge in [-0.25, -0.2) is 0 Å². The predicted octanol–water partition coefficient (Wildman–Crippen LogP) is 2.85. The smallest absolute Gasteiger partial charge is 0.378 e. The molecule has 1 saturated heterocycles. The number of rotatable bonds is 10. The Morgan fingerprint density at radius 3 is 1.94 bits per heavy atom. The van der Waals surface area contributed by atoms with Crippen molar-refractivity contribution in [1.29, 1.82) is 0 Å². The lowest BCUT2D eigenvalue weighted by molar-refractivity contribution is -0.106. The van der Waals surface area contributed by atoms with Crippen molar-refractivity contribution in [2.45, 2.75) is 52.7 Å². The minimum atomic E-state index is -2.41. The van der Waals surface area contributed by atoms with Crippen molar-refractivity contribution < 1.29 is 18.0 Å². The Hall–Kier alpha value is 0.0569. The van der Waals surface area contributed by atoms with Gasteiger partial charge in [-0.3, -0.25) is 0 Å². The van der Waals surface area contributed by atoms with Gasteiger partial charge in [-0.05, 0) is 40.5 Å². The van der Waals surface area contributed by atoms with Crippen LogP contribution in [0.3, 0.4) is 0 Å². The van der Waals surface area contributed by atoms with Gasteiger partial charge in [0.1, 0.15) is 0 Å². The molecule has 0 aliphatic carbocycles. The van der Waals surface area contributed by atoms with Gasteiger partial charge in [-0.15, -0.1) is 0 Å². The van der Waals surface area contributed by atoms with Crippen molar-refractivity contribution in [3.8, 4) is 0 Å². The van der Waals surface area contributed by atoms with Crippen molar-refractivity contribution >= 4 is 8.80 Å². The number of ether oxygens (including phenoxy) is 1. The molecule has 0 radical (unpaired) electrons. The predicted molar refractivity (Wildman–Crippen MR) is 73.6 cm³/mol. The van der Waals surface area contributed by atoms with E-state index in [1.54, 1.807) is 0 Å². The van der Waals surface area contributed by atoms with Crippen LogP contribution in [-0.4, -0.2) is 41.3 Å². The van der Waals surface area contributed by atoms with Crippen LogP contribution in [0.15, 0.2) is 0 Å². The second-order valence-corrected chi connectivity index (χ2v) is 7.40. The number of hydrogen-bond donors (Lipinski definition) is 0. The molecule has 0 N–H and O–H groups in total. The molecule has 1 heterocycles. The molecule has 2 unspecified atom stereocenters. The van der Waals surface area contributed by atoms with Crippen LogP contribution in [-0.2, 0) is 18.0 Å². The molecule has 1 aliphatic heterocycles. The molecule has 0 aromatic carbocycles. The van der Waals surface area contributed by atoms with Gasteiger partial charge in [0.05, 0.1) is 12.7 Å². The Balaban J connectivity index is 2.37. The van der Waals surface area contributed by atoms with Crippen LogP contribution in [0.4, 0.5) is 0 Å². The molecule has 108 valence electrons. The summed E-state index contributed by atoms with van der Waals surface area (Å²) in [6.07, 6.45) is 2.71. The summed E-state index contributed by atoms with van der Waals surface area (Å²) in [7, 11) is -2.41. The molecule has 0 aromatic heterocycles. The summed E-state index contributed by atoms with van der Waals surface area (Å²) in [4.78, 5) is 0. The van der Waals surface area contributed by atoms with E-state index in [4.69, 9.17) is 18.0 Å². The van der Waals surface area contributed by atoms with Gasteiger partial charge in [0, 0.05) is 31.8 Å². The first-order chi connectivity index (χ1) is 8.67. The molecule has 0 aromatic rings. The van der Waals surface area contributed by atoms with Crippen LogP contribution in [0.2, 0.25) is 6.04 Å². The number of hydrogen-bond acceptors (Lipinski definition) is 4. The maximum atomic E-state index is 5.83. The van der Waals surface area contributed by atoms with E-state index in [-0.39, 0.29) is 0 Å². The molecule has 4 nitrogen and oxygen atoms in total. The molecule has 2 atom stereocenters. The lowest BCUT2D eigenvalue weighted by Gasteiger charge is -2.35. The van der Waals surface area contributed by atoms with Crippen LogP contribution in [0.1, 0.15) is 40.5 Å². The highest BCUT2D eigenvalue weighted by Crippen LogP contribution is 2.27. The average Bonchev–Trinajstić information content (AvgIpc) is 2.34. The quantitative estimate of drug-likeness (QED) is 0.575. The topological polar surface area (TPSA) is 36.9 Å². The van der Waals surface area contributed by atoms with Gasteiger partial charge < -0.3 is 18.0 Å². The van der Waals surface area contributed by atoms with E-state index in [0.29, 0.717) is 31.8 Å². The van der Waals surface area contributed by atoms with Gasteiger partial charge in [-0.2, -0.15) is 0 Å². The lowest BCUT2D eigenvalue weighted by Crippen LogP contribution is -2.46. The van der Waals surface area contributed by atoms with Crippen LogP contribution in [0.25, 0.3) is 0 Å². The van der Waals surface area contributed by atoms with Gasteiger partial charge in [0.15, 0.2) is 0 Å². The van der Waals surface area contributed by atoms with E-state index in [1.165, 1.54) is 6.42 Å². The summed E-state index contributed by atoms with van der Waals surface area (Å²) in [6, 6.07) is 0.922. The molecule has 1 rings (SSSR count). The maximum Gasteiger partial charge on any atom is 0.500 e. The third-order valence-electron chi connectivity index (χ3n) is 3.39. The highest BCUT2D eigenvalue weighted by Gasteiger charge is 2.40. The Morgan fingerprint density at radius 2 is 1.61 bits per heavy atom. The van der Waals surface area contributed by atoms with Gasteiger partial charge >= 0.3 is 8.80 Å². The first-order valence-electron chi connectivity index (χ1n) is 7.20. The van der Waals surface area contributed by atoms with E-state index in [9.17, 15) is 0 Å². The zero-order chi connectivity index (χ0) is 13.4. The first kappa shape index (κ1) is 16.1. The molecule has 1 aliphatic rings. The minimum absolute atomic E-state index is 0.423. The highest BCUT2D eigenvalue weighted by atomic mass is 28.4. The van der Waals surface area contributed by atoms with Crippen molar-refractivity contribution in [2.24, 2.45) is 5.92 Å². The van der Waals surface area contributed by atoms with Gasteiger partial charge in [-0.1, -0.05) is 0 Å². The Kier molecular flexibility index (Phi) is 7.40. The largest absolute Gasteiger partial charge is 0.500 e. The Bertz CT molecular complexity index is 208. The molecular formula is C13H28O4Si. The summed E-state index contributed by atoms with van der Waals surface area (Å²) < 4.78 is 22.9. The van der Waals surface area contributed by atoms with Gasteiger partial charge in [0.25, 0.3) is 0 Å². The van der Waals surface area contributed by atoms with Gasteiger partial charge in [0.2, 0.25) is 0 Å². The molecule has 1 fully saturated rings. The molecule has 0 spiro atoms. The second kappa shape index (κ2) is 8.27. The van der Waals surface area contributed by atoms with Crippen LogP contribution in [0.5, 0.6) is 0 Å². The summed E-state index contributed by atoms with van der Waals surface area (Å²) in [5.74, 6) is 0.710. The third-order valence-corrected chi connectivity index (χ3v) is 6.54. The lowest BCUT2D eigenvalue weighted by atomic mass is 9.95. The zero-order valence-corrected chi connectivity index (χ0v) is 13.2. The van der Waals surface area contributed by atoms with E-state index in [0.717, 1.165) is 19.1 Å². The Labute approximate surface area is 112 Å². The van der Waals surface area contributed by atoms with E-state index in [2.05, 4.69) is 6.92 Å². The van der Waals surface area contributed by atoms with Crippen LogP contribution < -0.4 is 0 Å². The molecular weight excluding hydrogens is 248 g/mol. The second-order valence-electron chi connectivity index (χ2n) is 4.67. The summed E-state index contributed by atoms with van der Waals surface area (Å²) in [6.45, 7) is 11.0. The molecule has 0 saturated carbocycles.